The summed E-state index contributed by atoms with van der Waals surface area (Å²) in [6.45, 7) is 0. The molecule has 0 bridgehead atoms. The van der Waals surface area contributed by atoms with Crippen LogP contribution in [-0.2, 0) is 0 Å². The third-order valence-electron chi connectivity index (χ3n) is 10.2. The van der Waals surface area contributed by atoms with Gasteiger partial charge >= 0.3 is 0 Å². The van der Waals surface area contributed by atoms with Gasteiger partial charge in [0, 0.05) is 58.8 Å². The molecule has 0 aliphatic carbocycles. The summed E-state index contributed by atoms with van der Waals surface area (Å²) < 4.78 is 11.6. The Kier molecular flexibility index (Phi) is 5.83. The second-order valence-corrected chi connectivity index (χ2v) is 14.0. The van der Waals surface area contributed by atoms with Crippen LogP contribution in [0.2, 0.25) is 0 Å². The summed E-state index contributed by atoms with van der Waals surface area (Å²) in [5, 5.41) is 9.85. The first-order chi connectivity index (χ1) is 24.8. The molecule has 0 fully saturated rings. The average Bonchev–Trinajstić information content (AvgIpc) is 3.85. The highest BCUT2D eigenvalue weighted by atomic mass is 32.1. The number of para-hydroxylation sites is 4. The molecule has 0 saturated carbocycles. The maximum Gasteiger partial charge on any atom is 0.159 e. The fourth-order valence-electron chi connectivity index (χ4n) is 7.96. The molecule has 0 amide bonds. The van der Waals surface area contributed by atoms with Crippen molar-refractivity contribution in [2.45, 2.75) is 0 Å². The Morgan fingerprint density at radius 2 is 1.18 bits per heavy atom. The molecule has 0 saturated heterocycles. The lowest BCUT2D eigenvalue weighted by Crippen LogP contribution is -2.10. The van der Waals surface area contributed by atoms with Crippen molar-refractivity contribution in [3.05, 3.63) is 170 Å². The zero-order chi connectivity index (χ0) is 32.8. The van der Waals surface area contributed by atoms with E-state index in [4.69, 9.17) is 4.42 Å². The van der Waals surface area contributed by atoms with Crippen molar-refractivity contribution in [3.8, 4) is 5.69 Å². The van der Waals surface area contributed by atoms with Gasteiger partial charge in [0.05, 0.1) is 16.7 Å². The van der Waals surface area contributed by atoms with Crippen LogP contribution in [0.3, 0.4) is 0 Å². The SMILES string of the molecule is c1ccc(-n2c3ccccc3c3cc(N(c4ccc5c(c4)sc4ccc6ccccc6c45)c4cccc5c4oc4ccccc45)ccc32)cc1. The minimum absolute atomic E-state index is 0.878. The Morgan fingerprint density at radius 3 is 2.10 bits per heavy atom. The van der Waals surface area contributed by atoms with Gasteiger partial charge in [-0.25, -0.2) is 0 Å². The molecule has 0 unspecified atom stereocenters. The summed E-state index contributed by atoms with van der Waals surface area (Å²) in [5.41, 5.74) is 8.46. The smallest absolute Gasteiger partial charge is 0.159 e. The first-order valence-corrected chi connectivity index (χ1v) is 17.7. The highest BCUT2D eigenvalue weighted by Crippen LogP contribution is 2.46. The lowest BCUT2D eigenvalue weighted by atomic mass is 10.0. The average molecular weight is 657 g/mol. The van der Waals surface area contributed by atoms with E-state index in [-0.39, 0.29) is 0 Å². The van der Waals surface area contributed by atoms with Gasteiger partial charge in [0.25, 0.3) is 0 Å². The zero-order valence-electron chi connectivity index (χ0n) is 26.9. The number of thiophene rings is 1. The number of nitrogens with zero attached hydrogens (tertiary/aromatic N) is 2. The number of hydrogen-bond donors (Lipinski definition) is 0. The van der Waals surface area contributed by atoms with Crippen molar-refractivity contribution in [2.75, 3.05) is 4.90 Å². The lowest BCUT2D eigenvalue weighted by molar-refractivity contribution is 0.669. The van der Waals surface area contributed by atoms with Gasteiger partial charge < -0.3 is 13.9 Å². The highest BCUT2D eigenvalue weighted by molar-refractivity contribution is 7.26. The minimum Gasteiger partial charge on any atom is -0.454 e. The van der Waals surface area contributed by atoms with Crippen LogP contribution < -0.4 is 4.90 Å². The van der Waals surface area contributed by atoms with Crippen LogP contribution >= 0.6 is 11.3 Å². The van der Waals surface area contributed by atoms with Crippen LogP contribution in [0.15, 0.2) is 174 Å². The Morgan fingerprint density at radius 1 is 0.460 bits per heavy atom. The molecule has 11 rings (SSSR count). The molecular formula is C46H28N2OS. The molecule has 8 aromatic carbocycles. The van der Waals surface area contributed by atoms with Crippen molar-refractivity contribution in [1.82, 2.24) is 4.57 Å². The van der Waals surface area contributed by atoms with E-state index in [1.807, 2.05) is 17.4 Å². The Bertz CT molecular complexity index is 3110. The number of rotatable bonds is 4. The van der Waals surface area contributed by atoms with Crippen molar-refractivity contribution in [2.24, 2.45) is 0 Å². The fraction of sp³-hybridized carbons (Fsp3) is 0. The van der Waals surface area contributed by atoms with Crippen LogP contribution in [0, 0.1) is 0 Å². The number of hydrogen-bond acceptors (Lipinski definition) is 3. The number of benzene rings is 8. The second kappa shape index (κ2) is 10.6. The summed E-state index contributed by atoms with van der Waals surface area (Å²) >= 11 is 1.86. The van der Waals surface area contributed by atoms with Gasteiger partial charge in [-0.2, -0.15) is 0 Å². The summed E-state index contributed by atoms with van der Waals surface area (Å²) in [4.78, 5) is 2.38. The minimum atomic E-state index is 0.878. The standard InChI is InChI=1S/C46H28N2OS/c1-2-12-30(13-3-1)48-39-18-8-6-15-34(39)38-27-31(23-25-40(38)48)47(41-19-10-17-36-35-16-7-9-20-42(35)49-46(36)41)32-22-24-37-44(28-32)50-43-26-21-29-11-4-5-14-33(29)45(37)43/h1-28H. The normalized spacial score (nSPS) is 12.0. The van der Waals surface area contributed by atoms with Gasteiger partial charge in [-0.05, 0) is 77.5 Å². The lowest BCUT2D eigenvalue weighted by Gasteiger charge is -2.26. The molecule has 50 heavy (non-hydrogen) atoms. The van der Waals surface area contributed by atoms with E-state index < -0.39 is 0 Å². The van der Waals surface area contributed by atoms with E-state index in [2.05, 4.69) is 173 Å². The Hall–Kier alpha value is -6.36. The van der Waals surface area contributed by atoms with Gasteiger partial charge in [0.15, 0.2) is 5.58 Å². The molecule has 3 aromatic heterocycles. The molecule has 0 spiro atoms. The summed E-state index contributed by atoms with van der Waals surface area (Å²) in [6.07, 6.45) is 0. The van der Waals surface area contributed by atoms with Crippen LogP contribution in [0.25, 0.3) is 80.4 Å². The molecule has 234 valence electrons. The fourth-order valence-corrected chi connectivity index (χ4v) is 9.12. The van der Waals surface area contributed by atoms with E-state index in [9.17, 15) is 0 Å². The summed E-state index contributed by atoms with van der Waals surface area (Å²) in [6, 6.07) is 61.2. The topological polar surface area (TPSA) is 21.3 Å². The van der Waals surface area contributed by atoms with Crippen molar-refractivity contribution in [3.63, 3.8) is 0 Å². The highest BCUT2D eigenvalue weighted by Gasteiger charge is 2.22. The van der Waals surface area contributed by atoms with E-state index >= 15 is 0 Å². The molecule has 4 heteroatoms. The van der Waals surface area contributed by atoms with Crippen LogP contribution in [0.5, 0.6) is 0 Å². The molecule has 0 atom stereocenters. The predicted octanol–water partition coefficient (Wildman–Crippen LogP) is 13.7. The first-order valence-electron chi connectivity index (χ1n) is 16.9. The van der Waals surface area contributed by atoms with Crippen LogP contribution in [0.1, 0.15) is 0 Å². The van der Waals surface area contributed by atoms with Crippen LogP contribution in [0.4, 0.5) is 17.1 Å². The number of fused-ring (bicyclic) bond motifs is 11. The quantitative estimate of drug-likeness (QED) is 0.188. The van der Waals surface area contributed by atoms with Gasteiger partial charge in [-0.3, -0.25) is 0 Å². The molecule has 0 aliphatic rings. The van der Waals surface area contributed by atoms with E-state index in [0.717, 1.165) is 44.7 Å². The molecule has 0 radical (unpaired) electrons. The van der Waals surface area contributed by atoms with Crippen LogP contribution in [-0.4, -0.2) is 4.57 Å². The third-order valence-corrected chi connectivity index (χ3v) is 11.3. The van der Waals surface area contributed by atoms with Gasteiger partial charge in [0.2, 0.25) is 0 Å². The third kappa shape index (κ3) is 3.97. The molecule has 0 aliphatic heterocycles. The predicted molar refractivity (Wildman–Crippen MR) is 213 cm³/mol. The molecule has 3 heterocycles. The zero-order valence-corrected chi connectivity index (χ0v) is 27.7. The number of furan rings is 1. The van der Waals surface area contributed by atoms with E-state index in [1.165, 1.54) is 52.8 Å². The molecule has 0 N–H and O–H groups in total. The maximum absolute atomic E-state index is 6.67. The monoisotopic (exact) mass is 656 g/mol. The van der Waals surface area contributed by atoms with E-state index in [1.54, 1.807) is 0 Å². The number of anilines is 3. The molecule has 3 nitrogen and oxygen atoms in total. The maximum atomic E-state index is 6.67. The van der Waals surface area contributed by atoms with Crippen molar-refractivity contribution in [1.29, 1.82) is 0 Å². The largest absolute Gasteiger partial charge is 0.454 e. The van der Waals surface area contributed by atoms with E-state index in [0.29, 0.717) is 0 Å². The molecular weight excluding hydrogens is 629 g/mol. The molecule has 11 aromatic rings. The van der Waals surface area contributed by atoms with Gasteiger partial charge in [0.1, 0.15) is 5.58 Å². The first kappa shape index (κ1) is 27.6. The second-order valence-electron chi connectivity index (χ2n) is 12.9. The van der Waals surface area contributed by atoms with Crippen molar-refractivity contribution < 1.29 is 4.42 Å². The summed E-state index contributed by atoms with van der Waals surface area (Å²) in [5.74, 6) is 0. The van der Waals surface area contributed by atoms with Crippen molar-refractivity contribution >= 4 is 103 Å². The van der Waals surface area contributed by atoms with Gasteiger partial charge in [-0.15, -0.1) is 11.3 Å². The number of aromatic nitrogens is 1. The summed E-state index contributed by atoms with van der Waals surface area (Å²) in [7, 11) is 0. The van der Waals surface area contributed by atoms with Gasteiger partial charge in [-0.1, -0.05) is 103 Å². The Labute approximate surface area is 291 Å². The Balaban J connectivity index is 1.19.